The smallest absolute Gasteiger partial charge is 0.130 e. The molecule has 0 radical (unpaired) electrons. The van der Waals surface area contributed by atoms with E-state index in [1.165, 1.54) is 33.0 Å². The normalized spacial score (nSPS) is 19.2. The van der Waals surface area contributed by atoms with Gasteiger partial charge >= 0.3 is 0 Å². The molecule has 1 aliphatic heterocycles. The molecule has 0 amide bonds. The van der Waals surface area contributed by atoms with Crippen LogP contribution in [0.2, 0.25) is 0 Å². The summed E-state index contributed by atoms with van der Waals surface area (Å²) in [5, 5.41) is 2.55. The van der Waals surface area contributed by atoms with Gasteiger partial charge in [-0.1, -0.05) is 91.0 Å². The maximum absolute atomic E-state index is 6.11. The number of fused-ring (bicyclic) bond motifs is 3. The summed E-state index contributed by atoms with van der Waals surface area (Å²) in [5.74, 6) is 1.62. The third kappa shape index (κ3) is 2.19. The predicted octanol–water partition coefficient (Wildman–Crippen LogP) is 6.25. The summed E-state index contributed by atoms with van der Waals surface area (Å²) in [6.07, 6.45) is 2.18. The Kier molecular flexibility index (Phi) is 3.40. The van der Waals surface area contributed by atoms with Crippen molar-refractivity contribution in [3.63, 3.8) is 0 Å². The second kappa shape index (κ2) is 5.97. The van der Waals surface area contributed by atoms with Crippen LogP contribution in [0.5, 0.6) is 5.75 Å². The van der Waals surface area contributed by atoms with Gasteiger partial charge in [-0.25, -0.2) is 0 Å². The molecule has 0 aromatic heterocycles. The first-order chi connectivity index (χ1) is 13.9. The highest BCUT2D eigenvalue weighted by molar-refractivity contribution is 5.91. The molecule has 0 spiro atoms. The Balaban J connectivity index is 1.57. The Morgan fingerprint density at radius 2 is 1.39 bits per heavy atom. The van der Waals surface area contributed by atoms with Crippen molar-refractivity contribution in [2.24, 2.45) is 0 Å². The standard InChI is InChI=1S/C27H22O/c1-3-10-20(11-4-1)27(21-12-5-2-6-13-21)18-25(27)24-17-19-9-7-8-14-22(19)26-23(24)15-16-28-26/h1-14,17,25H,15-16,18H2/t25-/m0/s1. The van der Waals surface area contributed by atoms with Crippen molar-refractivity contribution in [3.05, 3.63) is 113 Å². The Hall–Kier alpha value is -3.06. The van der Waals surface area contributed by atoms with Crippen molar-refractivity contribution < 1.29 is 4.74 Å². The average Bonchev–Trinajstić information content (AvgIpc) is 3.33. The van der Waals surface area contributed by atoms with E-state index >= 15 is 0 Å². The fourth-order valence-corrected chi connectivity index (χ4v) is 5.28. The number of hydrogen-bond donors (Lipinski definition) is 0. The van der Waals surface area contributed by atoms with Crippen LogP contribution < -0.4 is 4.74 Å². The minimum Gasteiger partial charge on any atom is -0.492 e. The van der Waals surface area contributed by atoms with E-state index in [-0.39, 0.29) is 5.41 Å². The average molecular weight is 362 g/mol. The van der Waals surface area contributed by atoms with Gasteiger partial charge in [-0.2, -0.15) is 0 Å². The fourth-order valence-electron chi connectivity index (χ4n) is 5.28. The van der Waals surface area contributed by atoms with E-state index in [1.54, 1.807) is 0 Å². The highest BCUT2D eigenvalue weighted by Gasteiger charge is 2.57. The van der Waals surface area contributed by atoms with Crippen LogP contribution in [0.15, 0.2) is 91.0 Å². The van der Waals surface area contributed by atoms with Crippen molar-refractivity contribution in [3.8, 4) is 5.75 Å². The largest absolute Gasteiger partial charge is 0.492 e. The van der Waals surface area contributed by atoms with Gasteiger partial charge in [-0.05, 0) is 34.4 Å². The lowest BCUT2D eigenvalue weighted by atomic mass is 9.82. The fraction of sp³-hybridized carbons (Fsp3) is 0.185. The van der Waals surface area contributed by atoms with Crippen LogP contribution in [0, 0.1) is 0 Å². The summed E-state index contributed by atoms with van der Waals surface area (Å²) in [4.78, 5) is 0. The molecular formula is C27H22O. The number of hydrogen-bond acceptors (Lipinski definition) is 1. The lowest BCUT2D eigenvalue weighted by molar-refractivity contribution is 0.360. The highest BCUT2D eigenvalue weighted by atomic mass is 16.5. The molecular weight excluding hydrogens is 340 g/mol. The van der Waals surface area contributed by atoms with E-state index in [2.05, 4.69) is 91.0 Å². The second-order valence-corrected chi connectivity index (χ2v) is 8.05. The van der Waals surface area contributed by atoms with Crippen molar-refractivity contribution >= 4 is 10.8 Å². The summed E-state index contributed by atoms with van der Waals surface area (Å²) in [6.45, 7) is 0.798. The van der Waals surface area contributed by atoms with Gasteiger partial charge in [0.1, 0.15) is 5.75 Å². The van der Waals surface area contributed by atoms with E-state index in [0.29, 0.717) is 5.92 Å². The summed E-state index contributed by atoms with van der Waals surface area (Å²) in [5.41, 5.74) is 5.83. The second-order valence-electron chi connectivity index (χ2n) is 8.05. The van der Waals surface area contributed by atoms with Crippen LogP contribution in [0.3, 0.4) is 0 Å². The van der Waals surface area contributed by atoms with Gasteiger partial charge in [0.2, 0.25) is 0 Å². The van der Waals surface area contributed by atoms with Crippen LogP contribution in [0.4, 0.5) is 0 Å². The molecule has 2 aliphatic rings. The number of benzene rings is 4. The zero-order valence-corrected chi connectivity index (χ0v) is 15.8. The third-order valence-corrected chi connectivity index (χ3v) is 6.65. The van der Waals surface area contributed by atoms with E-state index in [9.17, 15) is 0 Å². The van der Waals surface area contributed by atoms with Crippen LogP contribution in [0.25, 0.3) is 10.8 Å². The van der Waals surface area contributed by atoms with Gasteiger partial charge in [0.25, 0.3) is 0 Å². The zero-order chi connectivity index (χ0) is 18.6. The van der Waals surface area contributed by atoms with Crippen LogP contribution in [-0.4, -0.2) is 6.61 Å². The van der Waals surface area contributed by atoms with Gasteiger partial charge in [0.15, 0.2) is 0 Å². The third-order valence-electron chi connectivity index (χ3n) is 6.65. The Bertz CT molecular complexity index is 1120. The maximum Gasteiger partial charge on any atom is 0.130 e. The quantitative estimate of drug-likeness (QED) is 0.419. The molecule has 1 aliphatic carbocycles. The Labute approximate surface area is 165 Å². The van der Waals surface area contributed by atoms with Crippen molar-refractivity contribution in [1.82, 2.24) is 0 Å². The van der Waals surface area contributed by atoms with Crippen molar-refractivity contribution in [2.75, 3.05) is 6.61 Å². The Morgan fingerprint density at radius 3 is 2.11 bits per heavy atom. The molecule has 1 heterocycles. The molecule has 1 nitrogen and oxygen atoms in total. The first kappa shape index (κ1) is 15.9. The topological polar surface area (TPSA) is 9.23 Å². The molecule has 136 valence electrons. The van der Waals surface area contributed by atoms with Crippen molar-refractivity contribution in [1.29, 1.82) is 0 Å². The van der Waals surface area contributed by atoms with E-state index in [0.717, 1.165) is 25.2 Å². The first-order valence-corrected chi connectivity index (χ1v) is 10.2. The zero-order valence-electron chi connectivity index (χ0n) is 15.8. The molecule has 4 aromatic carbocycles. The summed E-state index contributed by atoms with van der Waals surface area (Å²) >= 11 is 0. The molecule has 0 N–H and O–H groups in total. The minimum atomic E-state index is 0.0708. The van der Waals surface area contributed by atoms with Gasteiger partial charge in [-0.3, -0.25) is 0 Å². The molecule has 1 fully saturated rings. The molecule has 6 rings (SSSR count). The molecule has 1 heteroatoms. The SMILES string of the molecule is c1ccc(C2(c3ccccc3)C[C@H]2c2cc3ccccc3c3c2CCO3)cc1. The minimum absolute atomic E-state index is 0.0708. The monoisotopic (exact) mass is 362 g/mol. The predicted molar refractivity (Wildman–Crippen MR) is 114 cm³/mol. The lowest BCUT2D eigenvalue weighted by Crippen LogP contribution is -2.12. The maximum atomic E-state index is 6.11. The highest BCUT2D eigenvalue weighted by Crippen LogP contribution is 2.65. The number of rotatable bonds is 3. The van der Waals surface area contributed by atoms with E-state index in [4.69, 9.17) is 4.74 Å². The Morgan fingerprint density at radius 1 is 0.750 bits per heavy atom. The molecule has 1 atom stereocenters. The van der Waals surface area contributed by atoms with Gasteiger partial charge in [0, 0.05) is 22.8 Å². The van der Waals surface area contributed by atoms with Crippen LogP contribution in [-0.2, 0) is 11.8 Å². The molecule has 0 bridgehead atoms. The molecule has 0 unspecified atom stereocenters. The van der Waals surface area contributed by atoms with Crippen LogP contribution in [0.1, 0.15) is 34.6 Å². The first-order valence-electron chi connectivity index (χ1n) is 10.2. The molecule has 0 saturated heterocycles. The van der Waals surface area contributed by atoms with Gasteiger partial charge in [0.05, 0.1) is 6.61 Å². The van der Waals surface area contributed by atoms with Gasteiger partial charge < -0.3 is 4.74 Å². The van der Waals surface area contributed by atoms with E-state index in [1.807, 2.05) is 0 Å². The van der Waals surface area contributed by atoms with Crippen molar-refractivity contribution in [2.45, 2.75) is 24.2 Å². The molecule has 28 heavy (non-hydrogen) atoms. The number of ether oxygens (including phenoxy) is 1. The van der Waals surface area contributed by atoms with Gasteiger partial charge in [-0.15, -0.1) is 0 Å². The summed E-state index contributed by atoms with van der Waals surface area (Å²) in [6, 6.07) is 33.2. The molecule has 1 saturated carbocycles. The molecule has 4 aromatic rings. The van der Waals surface area contributed by atoms with E-state index < -0.39 is 0 Å². The summed E-state index contributed by atoms with van der Waals surface area (Å²) < 4.78 is 6.11. The lowest BCUT2D eigenvalue weighted by Gasteiger charge is -2.21. The summed E-state index contributed by atoms with van der Waals surface area (Å²) in [7, 11) is 0. The van der Waals surface area contributed by atoms with Crippen LogP contribution >= 0.6 is 0 Å².